The van der Waals surface area contributed by atoms with E-state index in [2.05, 4.69) is 20.6 Å². The number of methoxy groups -OCH3 is 2. The van der Waals surface area contributed by atoms with Crippen LogP contribution in [0.4, 0.5) is 17.2 Å². The molecule has 1 aromatic heterocycles. The van der Waals surface area contributed by atoms with E-state index < -0.39 is 0 Å². The number of anilines is 3. The third-order valence-electron chi connectivity index (χ3n) is 3.94. The standard InChI is InChI=1S/C19H20N4O3/c1-11-7-13(5-6-15(11)22-12(2)24)23-19-14-8-17(25-3)18(26-4)9-16(14)20-10-21-19/h5-10H,1-4H3,(H,22,24)(H,20,21,23). The first kappa shape index (κ1) is 17.5. The highest BCUT2D eigenvalue weighted by molar-refractivity contribution is 5.93. The van der Waals surface area contributed by atoms with Crippen LogP contribution in [0.15, 0.2) is 36.7 Å². The van der Waals surface area contributed by atoms with E-state index in [0.717, 1.165) is 27.8 Å². The lowest BCUT2D eigenvalue weighted by atomic mass is 10.1. The summed E-state index contributed by atoms with van der Waals surface area (Å²) in [5.41, 5.74) is 3.32. The van der Waals surface area contributed by atoms with Crippen molar-refractivity contribution in [2.75, 3.05) is 24.9 Å². The Balaban J connectivity index is 1.98. The first-order chi connectivity index (χ1) is 12.5. The number of hydrogen-bond donors (Lipinski definition) is 2. The van der Waals surface area contributed by atoms with Crippen molar-refractivity contribution in [3.05, 3.63) is 42.2 Å². The van der Waals surface area contributed by atoms with Crippen molar-refractivity contribution in [1.82, 2.24) is 9.97 Å². The van der Waals surface area contributed by atoms with Crippen LogP contribution >= 0.6 is 0 Å². The average molecular weight is 352 g/mol. The van der Waals surface area contributed by atoms with E-state index in [1.54, 1.807) is 14.2 Å². The van der Waals surface area contributed by atoms with Gasteiger partial charge in [-0.15, -0.1) is 0 Å². The van der Waals surface area contributed by atoms with Crippen molar-refractivity contribution < 1.29 is 14.3 Å². The molecule has 0 radical (unpaired) electrons. The largest absolute Gasteiger partial charge is 0.493 e. The second kappa shape index (κ2) is 7.26. The number of hydrogen-bond acceptors (Lipinski definition) is 6. The SMILES string of the molecule is COc1cc2ncnc(Nc3ccc(NC(C)=O)c(C)c3)c2cc1OC. The molecule has 1 heterocycles. The van der Waals surface area contributed by atoms with Gasteiger partial charge in [0.25, 0.3) is 0 Å². The molecule has 3 rings (SSSR count). The van der Waals surface area contributed by atoms with Gasteiger partial charge >= 0.3 is 0 Å². The Labute approximate surface area is 151 Å². The second-order valence-electron chi connectivity index (χ2n) is 5.78. The van der Waals surface area contributed by atoms with Crippen LogP contribution in [-0.2, 0) is 4.79 Å². The summed E-state index contributed by atoms with van der Waals surface area (Å²) in [6.45, 7) is 3.42. The van der Waals surface area contributed by atoms with Gasteiger partial charge in [-0.2, -0.15) is 0 Å². The number of carbonyl (C=O) groups excluding carboxylic acids is 1. The maximum absolute atomic E-state index is 11.2. The number of amides is 1. The topological polar surface area (TPSA) is 85.4 Å². The van der Waals surface area contributed by atoms with Crippen LogP contribution in [-0.4, -0.2) is 30.1 Å². The van der Waals surface area contributed by atoms with E-state index in [4.69, 9.17) is 9.47 Å². The highest BCUT2D eigenvalue weighted by Crippen LogP contribution is 2.34. The minimum atomic E-state index is -0.100. The Morgan fingerprint density at radius 3 is 2.42 bits per heavy atom. The van der Waals surface area contributed by atoms with E-state index in [9.17, 15) is 4.79 Å². The Morgan fingerprint density at radius 2 is 1.77 bits per heavy atom. The lowest BCUT2D eigenvalue weighted by molar-refractivity contribution is -0.114. The number of rotatable bonds is 5. The van der Waals surface area contributed by atoms with Crippen LogP contribution in [0.5, 0.6) is 11.5 Å². The van der Waals surface area contributed by atoms with Gasteiger partial charge < -0.3 is 20.1 Å². The molecule has 0 aliphatic heterocycles. The van der Waals surface area contributed by atoms with E-state index >= 15 is 0 Å². The molecular formula is C19H20N4O3. The maximum atomic E-state index is 11.2. The van der Waals surface area contributed by atoms with Crippen LogP contribution < -0.4 is 20.1 Å². The summed E-state index contributed by atoms with van der Waals surface area (Å²) in [5, 5.41) is 6.91. The summed E-state index contributed by atoms with van der Waals surface area (Å²) in [4.78, 5) is 19.9. The van der Waals surface area contributed by atoms with Crippen LogP contribution in [0.25, 0.3) is 10.9 Å². The highest BCUT2D eigenvalue weighted by Gasteiger charge is 2.11. The second-order valence-corrected chi connectivity index (χ2v) is 5.78. The van der Waals surface area contributed by atoms with E-state index in [0.29, 0.717) is 17.3 Å². The molecule has 0 bridgehead atoms. The van der Waals surface area contributed by atoms with Gasteiger partial charge in [0.1, 0.15) is 12.1 Å². The molecule has 7 nitrogen and oxygen atoms in total. The fraction of sp³-hybridized carbons (Fsp3) is 0.211. The van der Waals surface area contributed by atoms with Gasteiger partial charge in [-0.05, 0) is 36.8 Å². The molecule has 0 unspecified atom stereocenters. The predicted octanol–water partition coefficient (Wildman–Crippen LogP) is 3.66. The number of ether oxygens (including phenoxy) is 2. The third kappa shape index (κ3) is 3.51. The van der Waals surface area contributed by atoms with E-state index in [-0.39, 0.29) is 5.91 Å². The number of nitrogens with one attached hydrogen (secondary N) is 2. The molecule has 3 aromatic rings. The molecule has 0 saturated heterocycles. The molecule has 0 aliphatic rings. The molecule has 26 heavy (non-hydrogen) atoms. The number of carbonyl (C=O) groups is 1. The Hall–Kier alpha value is -3.35. The minimum Gasteiger partial charge on any atom is -0.493 e. The molecule has 2 N–H and O–H groups in total. The van der Waals surface area contributed by atoms with Gasteiger partial charge in [-0.3, -0.25) is 4.79 Å². The molecule has 1 amide bonds. The number of nitrogens with zero attached hydrogens (tertiary/aromatic N) is 2. The van der Waals surface area contributed by atoms with Crippen molar-refractivity contribution in [2.45, 2.75) is 13.8 Å². The van der Waals surface area contributed by atoms with Crippen molar-refractivity contribution in [3.8, 4) is 11.5 Å². The Morgan fingerprint density at radius 1 is 1.04 bits per heavy atom. The number of benzene rings is 2. The Kier molecular flexibility index (Phi) is 4.88. The van der Waals surface area contributed by atoms with Crippen molar-refractivity contribution in [3.63, 3.8) is 0 Å². The molecule has 134 valence electrons. The molecule has 7 heteroatoms. The molecule has 0 atom stereocenters. The van der Waals surface area contributed by atoms with Crippen molar-refractivity contribution in [2.24, 2.45) is 0 Å². The van der Waals surface area contributed by atoms with Crippen molar-refractivity contribution in [1.29, 1.82) is 0 Å². The summed E-state index contributed by atoms with van der Waals surface area (Å²) in [6, 6.07) is 9.33. The number of aromatic nitrogens is 2. The van der Waals surface area contributed by atoms with Crippen LogP contribution in [0.3, 0.4) is 0 Å². The van der Waals surface area contributed by atoms with Gasteiger partial charge in [-0.1, -0.05) is 0 Å². The van der Waals surface area contributed by atoms with Gasteiger partial charge in [0, 0.05) is 29.8 Å². The van der Waals surface area contributed by atoms with Crippen molar-refractivity contribution >= 4 is 34.0 Å². The monoisotopic (exact) mass is 352 g/mol. The summed E-state index contributed by atoms with van der Waals surface area (Å²) in [5.74, 6) is 1.77. The van der Waals surface area contributed by atoms with Gasteiger partial charge in [0.2, 0.25) is 5.91 Å². The zero-order valence-corrected chi connectivity index (χ0v) is 15.1. The zero-order chi connectivity index (χ0) is 18.7. The zero-order valence-electron chi connectivity index (χ0n) is 15.1. The quantitative estimate of drug-likeness (QED) is 0.729. The summed E-state index contributed by atoms with van der Waals surface area (Å²) < 4.78 is 10.7. The molecular weight excluding hydrogens is 332 g/mol. The minimum absolute atomic E-state index is 0.100. The summed E-state index contributed by atoms with van der Waals surface area (Å²) in [6.07, 6.45) is 1.50. The first-order valence-corrected chi connectivity index (χ1v) is 8.04. The summed E-state index contributed by atoms with van der Waals surface area (Å²) in [7, 11) is 3.17. The maximum Gasteiger partial charge on any atom is 0.221 e. The molecule has 0 saturated carbocycles. The normalized spacial score (nSPS) is 10.5. The van der Waals surface area contributed by atoms with Crippen LogP contribution in [0.1, 0.15) is 12.5 Å². The van der Waals surface area contributed by atoms with Crippen LogP contribution in [0, 0.1) is 6.92 Å². The van der Waals surface area contributed by atoms with Gasteiger partial charge in [-0.25, -0.2) is 9.97 Å². The molecule has 0 aliphatic carbocycles. The molecule has 0 spiro atoms. The number of aryl methyl sites for hydroxylation is 1. The van der Waals surface area contributed by atoms with Crippen LogP contribution in [0.2, 0.25) is 0 Å². The van der Waals surface area contributed by atoms with Gasteiger partial charge in [0.15, 0.2) is 11.5 Å². The molecule has 0 fully saturated rings. The van der Waals surface area contributed by atoms with E-state index in [1.807, 2.05) is 37.3 Å². The predicted molar refractivity (Wildman–Crippen MR) is 101 cm³/mol. The average Bonchev–Trinajstić information content (AvgIpc) is 2.62. The summed E-state index contributed by atoms with van der Waals surface area (Å²) >= 11 is 0. The Bertz CT molecular complexity index is 972. The lowest BCUT2D eigenvalue weighted by Gasteiger charge is -2.13. The third-order valence-corrected chi connectivity index (χ3v) is 3.94. The first-order valence-electron chi connectivity index (χ1n) is 8.04. The highest BCUT2D eigenvalue weighted by atomic mass is 16.5. The smallest absolute Gasteiger partial charge is 0.221 e. The van der Waals surface area contributed by atoms with Gasteiger partial charge in [0.05, 0.1) is 19.7 Å². The fourth-order valence-corrected chi connectivity index (χ4v) is 2.69. The molecule has 2 aromatic carbocycles. The van der Waals surface area contributed by atoms with E-state index in [1.165, 1.54) is 13.3 Å². The lowest BCUT2D eigenvalue weighted by Crippen LogP contribution is -2.07. The number of fused-ring (bicyclic) bond motifs is 1. The fourth-order valence-electron chi connectivity index (χ4n) is 2.69.